The molecule has 0 aliphatic carbocycles. The Labute approximate surface area is 119 Å². The van der Waals surface area contributed by atoms with E-state index in [1.54, 1.807) is 0 Å². The van der Waals surface area contributed by atoms with Crippen molar-refractivity contribution in [2.75, 3.05) is 13.2 Å². The normalized spacial score (nSPS) is 13.4. The smallest absolute Gasteiger partial charge is 0.337 e. The Kier molecular flexibility index (Phi) is 5.29. The number of carbonyl (C=O) groups is 2. The Bertz CT molecular complexity index is 521. The van der Waals surface area contributed by atoms with Crippen LogP contribution in [-0.4, -0.2) is 40.8 Å². The Morgan fingerprint density at radius 2 is 2.15 bits per heavy atom. The molecule has 3 N–H and O–H groups in total. The van der Waals surface area contributed by atoms with E-state index in [9.17, 15) is 19.1 Å². The van der Waals surface area contributed by atoms with Gasteiger partial charge in [-0.3, -0.25) is 4.79 Å². The summed E-state index contributed by atoms with van der Waals surface area (Å²) < 4.78 is 17.8. The van der Waals surface area contributed by atoms with Gasteiger partial charge in [-0.1, -0.05) is 11.6 Å². The Balaban J connectivity index is 2.46. The maximum absolute atomic E-state index is 12.8. The lowest BCUT2D eigenvalue weighted by molar-refractivity contribution is -0.156. The third-order valence-corrected chi connectivity index (χ3v) is 2.64. The molecule has 1 amide bonds. The van der Waals surface area contributed by atoms with Crippen molar-refractivity contribution in [2.24, 2.45) is 0 Å². The number of nitrogens with one attached hydrogen (secondary N) is 1. The van der Waals surface area contributed by atoms with Gasteiger partial charge >= 0.3 is 5.97 Å². The van der Waals surface area contributed by atoms with Gasteiger partial charge in [0.1, 0.15) is 11.6 Å². The van der Waals surface area contributed by atoms with E-state index in [4.69, 9.17) is 21.4 Å². The topological polar surface area (TPSA) is 95.9 Å². The Morgan fingerprint density at radius 1 is 1.50 bits per heavy atom. The van der Waals surface area contributed by atoms with Crippen LogP contribution in [0.15, 0.2) is 18.2 Å². The number of benzene rings is 1. The molecule has 1 aromatic rings. The van der Waals surface area contributed by atoms with Crippen LogP contribution in [0.5, 0.6) is 5.75 Å². The fraction of sp³-hybridized carbons (Fsp3) is 0.333. The molecule has 0 fully saturated rings. The summed E-state index contributed by atoms with van der Waals surface area (Å²) in [4.78, 5) is 22.0. The number of carboxylic acids is 1. The summed E-state index contributed by atoms with van der Waals surface area (Å²) in [6, 6.07) is 3.41. The van der Waals surface area contributed by atoms with Gasteiger partial charge in [0.25, 0.3) is 5.91 Å². The van der Waals surface area contributed by atoms with Crippen molar-refractivity contribution in [1.82, 2.24) is 5.32 Å². The van der Waals surface area contributed by atoms with E-state index >= 15 is 0 Å². The van der Waals surface area contributed by atoms with Gasteiger partial charge in [-0.25, -0.2) is 9.18 Å². The average Bonchev–Trinajstić information content (AvgIpc) is 2.35. The number of halogens is 2. The second-order valence-electron chi connectivity index (χ2n) is 4.22. The molecular formula is C12H13ClFNO5. The number of rotatable bonds is 6. The molecule has 0 aliphatic heterocycles. The van der Waals surface area contributed by atoms with Gasteiger partial charge < -0.3 is 20.3 Å². The summed E-state index contributed by atoms with van der Waals surface area (Å²) in [7, 11) is 0. The third-order valence-electron chi connectivity index (χ3n) is 2.34. The number of amides is 1. The zero-order valence-electron chi connectivity index (χ0n) is 10.5. The van der Waals surface area contributed by atoms with Crippen LogP contribution in [0, 0.1) is 5.82 Å². The highest BCUT2D eigenvalue weighted by Gasteiger charge is 2.30. The Morgan fingerprint density at radius 3 is 2.70 bits per heavy atom. The standard InChI is InChI=1S/C12H13ClFNO5/c1-12(19,11(17)18)6-15-10(16)5-20-9-3-2-7(14)4-8(9)13/h2-4,19H,5-6H2,1H3,(H,15,16)(H,17,18). The maximum atomic E-state index is 12.8. The monoisotopic (exact) mass is 305 g/mol. The molecule has 0 spiro atoms. The molecule has 0 radical (unpaired) electrons. The van der Waals surface area contributed by atoms with Gasteiger partial charge in [0.2, 0.25) is 0 Å². The highest BCUT2D eigenvalue weighted by atomic mass is 35.5. The van der Waals surface area contributed by atoms with E-state index in [0.29, 0.717) is 0 Å². The fourth-order valence-electron chi connectivity index (χ4n) is 1.13. The molecule has 0 saturated heterocycles. The second-order valence-corrected chi connectivity index (χ2v) is 4.63. The molecule has 0 saturated carbocycles. The average molecular weight is 306 g/mol. The highest BCUT2D eigenvalue weighted by molar-refractivity contribution is 6.32. The zero-order valence-corrected chi connectivity index (χ0v) is 11.3. The molecule has 110 valence electrons. The lowest BCUT2D eigenvalue weighted by atomic mass is 10.1. The van der Waals surface area contributed by atoms with Gasteiger partial charge in [-0.2, -0.15) is 0 Å². The van der Waals surface area contributed by atoms with Gasteiger partial charge in [0, 0.05) is 0 Å². The molecule has 20 heavy (non-hydrogen) atoms. The van der Waals surface area contributed by atoms with Crippen LogP contribution in [0.1, 0.15) is 6.92 Å². The first-order valence-corrected chi connectivity index (χ1v) is 5.90. The van der Waals surface area contributed by atoms with Crippen molar-refractivity contribution >= 4 is 23.5 Å². The van der Waals surface area contributed by atoms with E-state index in [0.717, 1.165) is 19.1 Å². The predicted molar refractivity (Wildman–Crippen MR) is 68.2 cm³/mol. The zero-order chi connectivity index (χ0) is 15.3. The molecule has 6 nitrogen and oxygen atoms in total. The number of carbonyl (C=O) groups excluding carboxylic acids is 1. The van der Waals surface area contributed by atoms with Crippen LogP contribution < -0.4 is 10.1 Å². The lowest BCUT2D eigenvalue weighted by Gasteiger charge is -2.18. The van der Waals surface area contributed by atoms with Crippen molar-refractivity contribution in [2.45, 2.75) is 12.5 Å². The van der Waals surface area contributed by atoms with E-state index in [2.05, 4.69) is 5.32 Å². The number of ether oxygens (including phenoxy) is 1. The SMILES string of the molecule is CC(O)(CNC(=O)COc1ccc(F)cc1Cl)C(=O)O. The molecule has 1 aromatic carbocycles. The van der Waals surface area contributed by atoms with Crippen molar-refractivity contribution < 1.29 is 28.9 Å². The number of aliphatic hydroxyl groups is 1. The van der Waals surface area contributed by atoms with E-state index < -0.39 is 36.4 Å². The van der Waals surface area contributed by atoms with Gasteiger partial charge in [-0.15, -0.1) is 0 Å². The fourth-order valence-corrected chi connectivity index (χ4v) is 1.35. The van der Waals surface area contributed by atoms with Gasteiger partial charge in [0.15, 0.2) is 12.2 Å². The van der Waals surface area contributed by atoms with Crippen LogP contribution in [0.2, 0.25) is 5.02 Å². The van der Waals surface area contributed by atoms with Crippen LogP contribution in [0.3, 0.4) is 0 Å². The van der Waals surface area contributed by atoms with Crippen molar-refractivity contribution in [3.63, 3.8) is 0 Å². The minimum atomic E-state index is -2.07. The summed E-state index contributed by atoms with van der Waals surface area (Å²) in [5, 5.41) is 20.2. The van der Waals surface area contributed by atoms with Gasteiger partial charge in [-0.05, 0) is 25.1 Å². The first-order valence-electron chi connectivity index (χ1n) is 5.52. The van der Waals surface area contributed by atoms with Crippen molar-refractivity contribution in [3.8, 4) is 5.75 Å². The molecule has 0 aliphatic rings. The molecule has 8 heteroatoms. The van der Waals surface area contributed by atoms with Crippen LogP contribution in [0.25, 0.3) is 0 Å². The number of hydrogen-bond acceptors (Lipinski definition) is 4. The summed E-state index contributed by atoms with van der Waals surface area (Å²) >= 11 is 5.69. The molecule has 0 aromatic heterocycles. The minimum Gasteiger partial charge on any atom is -0.482 e. The summed E-state index contributed by atoms with van der Waals surface area (Å²) in [5.74, 6) is -2.52. The highest BCUT2D eigenvalue weighted by Crippen LogP contribution is 2.24. The summed E-state index contributed by atoms with van der Waals surface area (Å²) in [6.45, 7) is 0.135. The van der Waals surface area contributed by atoms with Crippen LogP contribution in [-0.2, 0) is 9.59 Å². The number of carboxylic acid groups (broad SMARTS) is 1. The first-order chi connectivity index (χ1) is 9.22. The molecular weight excluding hydrogens is 293 g/mol. The van der Waals surface area contributed by atoms with Gasteiger partial charge in [0.05, 0.1) is 11.6 Å². The van der Waals surface area contributed by atoms with Crippen LogP contribution >= 0.6 is 11.6 Å². The van der Waals surface area contributed by atoms with Crippen molar-refractivity contribution in [3.05, 3.63) is 29.0 Å². The van der Waals surface area contributed by atoms with E-state index in [1.807, 2.05) is 0 Å². The quantitative estimate of drug-likeness (QED) is 0.723. The largest absolute Gasteiger partial charge is 0.482 e. The molecule has 0 heterocycles. The van der Waals surface area contributed by atoms with E-state index in [-0.39, 0.29) is 10.8 Å². The molecule has 1 rings (SSSR count). The Hall–Kier alpha value is -1.86. The van der Waals surface area contributed by atoms with Crippen LogP contribution in [0.4, 0.5) is 4.39 Å². The number of hydrogen-bond donors (Lipinski definition) is 3. The molecule has 1 unspecified atom stereocenters. The summed E-state index contributed by atoms with van der Waals surface area (Å²) in [6.07, 6.45) is 0. The molecule has 0 bridgehead atoms. The third kappa shape index (κ3) is 4.67. The second kappa shape index (κ2) is 6.53. The van der Waals surface area contributed by atoms with Crippen molar-refractivity contribution in [1.29, 1.82) is 0 Å². The van der Waals surface area contributed by atoms with E-state index in [1.165, 1.54) is 6.07 Å². The summed E-state index contributed by atoms with van der Waals surface area (Å²) in [5.41, 5.74) is -2.07. The maximum Gasteiger partial charge on any atom is 0.337 e. The molecule has 1 atom stereocenters. The minimum absolute atomic E-state index is 0.00957. The first kappa shape index (κ1) is 16.2. The number of aliphatic carboxylic acids is 1. The lowest BCUT2D eigenvalue weighted by Crippen LogP contribution is -2.47. The predicted octanol–water partition coefficient (Wildman–Crippen LogP) is 0.810.